The van der Waals surface area contributed by atoms with E-state index in [4.69, 9.17) is 27.9 Å². The minimum atomic E-state index is -0.334. The lowest BCUT2D eigenvalue weighted by Crippen LogP contribution is -2.17. The topological polar surface area (TPSA) is 63.6 Å². The SMILES string of the molecule is COc1c(Cl)cc(/C=N\NC(=O)c2ccncc2)cc1Cl. The second-order valence-electron chi connectivity index (χ2n) is 3.95. The average molecular weight is 324 g/mol. The van der Waals surface area contributed by atoms with Crippen LogP contribution in [0.4, 0.5) is 0 Å². The number of amides is 1. The van der Waals surface area contributed by atoms with Crippen molar-refractivity contribution in [3.05, 3.63) is 57.8 Å². The number of nitrogens with one attached hydrogen (secondary N) is 1. The Morgan fingerprint density at radius 3 is 2.48 bits per heavy atom. The van der Waals surface area contributed by atoms with Gasteiger partial charge in [0.1, 0.15) is 0 Å². The summed E-state index contributed by atoms with van der Waals surface area (Å²) in [6, 6.07) is 6.45. The summed E-state index contributed by atoms with van der Waals surface area (Å²) in [6.07, 6.45) is 4.50. The molecule has 1 amide bonds. The zero-order chi connectivity index (χ0) is 15.2. The summed E-state index contributed by atoms with van der Waals surface area (Å²) < 4.78 is 5.05. The fourth-order valence-electron chi connectivity index (χ4n) is 1.58. The number of halogens is 2. The maximum absolute atomic E-state index is 11.7. The standard InChI is InChI=1S/C14H11Cl2N3O2/c1-21-13-11(15)6-9(7-12(13)16)8-18-19-14(20)10-2-4-17-5-3-10/h2-8H,1H3,(H,19,20)/b18-8-. The highest BCUT2D eigenvalue weighted by atomic mass is 35.5. The number of rotatable bonds is 4. The van der Waals surface area contributed by atoms with E-state index in [1.165, 1.54) is 25.7 Å². The van der Waals surface area contributed by atoms with Crippen LogP contribution in [0.25, 0.3) is 0 Å². The van der Waals surface area contributed by atoms with Gasteiger partial charge in [-0.1, -0.05) is 23.2 Å². The number of hydrazone groups is 1. The summed E-state index contributed by atoms with van der Waals surface area (Å²) >= 11 is 12.0. The molecule has 0 fully saturated rings. The molecule has 0 aliphatic carbocycles. The molecule has 0 saturated carbocycles. The van der Waals surface area contributed by atoms with E-state index in [1.54, 1.807) is 24.3 Å². The van der Waals surface area contributed by atoms with Gasteiger partial charge in [0.05, 0.1) is 23.4 Å². The first-order valence-corrected chi connectivity index (χ1v) is 6.64. The molecule has 1 aromatic heterocycles. The monoisotopic (exact) mass is 323 g/mol. The molecule has 0 saturated heterocycles. The molecular weight excluding hydrogens is 313 g/mol. The predicted molar refractivity (Wildman–Crippen MR) is 82.3 cm³/mol. The largest absolute Gasteiger partial charge is 0.494 e. The fraction of sp³-hybridized carbons (Fsp3) is 0.0714. The van der Waals surface area contributed by atoms with E-state index in [2.05, 4.69) is 15.5 Å². The Balaban J connectivity index is 2.07. The van der Waals surface area contributed by atoms with Gasteiger partial charge in [-0.2, -0.15) is 5.10 Å². The number of pyridine rings is 1. The van der Waals surface area contributed by atoms with E-state index in [9.17, 15) is 4.79 Å². The van der Waals surface area contributed by atoms with Crippen molar-refractivity contribution >= 4 is 35.3 Å². The van der Waals surface area contributed by atoms with Crippen LogP contribution in [-0.2, 0) is 0 Å². The predicted octanol–water partition coefficient (Wildman–Crippen LogP) is 3.16. The smallest absolute Gasteiger partial charge is 0.271 e. The van der Waals surface area contributed by atoms with Crippen molar-refractivity contribution in [1.82, 2.24) is 10.4 Å². The lowest BCUT2D eigenvalue weighted by atomic mass is 10.2. The van der Waals surface area contributed by atoms with E-state index in [1.807, 2.05) is 0 Å². The first-order chi connectivity index (χ1) is 10.1. The molecular formula is C14H11Cl2N3O2. The van der Waals surface area contributed by atoms with Crippen LogP contribution in [-0.4, -0.2) is 24.2 Å². The molecule has 7 heteroatoms. The van der Waals surface area contributed by atoms with Crippen LogP contribution >= 0.6 is 23.2 Å². The second-order valence-corrected chi connectivity index (χ2v) is 4.77. The van der Waals surface area contributed by atoms with Gasteiger partial charge in [-0.15, -0.1) is 0 Å². The Hall–Kier alpha value is -2.11. The minimum absolute atomic E-state index is 0.334. The molecule has 1 N–H and O–H groups in total. The summed E-state index contributed by atoms with van der Waals surface area (Å²) in [5.74, 6) is 0.0654. The van der Waals surface area contributed by atoms with E-state index >= 15 is 0 Å². The molecule has 0 unspecified atom stereocenters. The summed E-state index contributed by atoms with van der Waals surface area (Å²) in [5.41, 5.74) is 3.51. The molecule has 0 atom stereocenters. The number of carbonyl (C=O) groups excluding carboxylic acids is 1. The van der Waals surface area contributed by atoms with Gasteiger partial charge >= 0.3 is 0 Å². The maximum atomic E-state index is 11.7. The summed E-state index contributed by atoms with van der Waals surface area (Å²) in [4.78, 5) is 15.6. The Morgan fingerprint density at radius 1 is 1.29 bits per heavy atom. The molecule has 0 radical (unpaired) electrons. The van der Waals surface area contributed by atoms with Crippen molar-refractivity contribution in [1.29, 1.82) is 0 Å². The van der Waals surface area contributed by atoms with Gasteiger partial charge in [0.15, 0.2) is 5.75 Å². The Labute approximate surface area is 131 Å². The summed E-state index contributed by atoms with van der Waals surface area (Å²) in [7, 11) is 1.48. The molecule has 2 rings (SSSR count). The van der Waals surface area contributed by atoms with Crippen LogP contribution in [0.1, 0.15) is 15.9 Å². The normalized spacial score (nSPS) is 10.6. The summed E-state index contributed by atoms with van der Waals surface area (Å²) in [5, 5.41) is 4.59. The van der Waals surface area contributed by atoms with Crippen LogP contribution in [0.5, 0.6) is 5.75 Å². The molecule has 1 heterocycles. The molecule has 5 nitrogen and oxygen atoms in total. The maximum Gasteiger partial charge on any atom is 0.271 e. The molecule has 1 aromatic carbocycles. The Kier molecular flexibility index (Phi) is 5.14. The van der Waals surface area contributed by atoms with Crippen molar-refractivity contribution in [2.45, 2.75) is 0 Å². The highest BCUT2D eigenvalue weighted by Crippen LogP contribution is 2.33. The number of methoxy groups -OCH3 is 1. The number of aromatic nitrogens is 1. The van der Waals surface area contributed by atoms with Crippen molar-refractivity contribution in [2.75, 3.05) is 7.11 Å². The van der Waals surface area contributed by atoms with Crippen LogP contribution in [0, 0.1) is 0 Å². The van der Waals surface area contributed by atoms with Gasteiger partial charge < -0.3 is 4.74 Å². The number of carbonyl (C=O) groups is 1. The number of hydrogen-bond donors (Lipinski definition) is 1. The molecule has 0 bridgehead atoms. The summed E-state index contributed by atoms with van der Waals surface area (Å²) in [6.45, 7) is 0. The van der Waals surface area contributed by atoms with Gasteiger partial charge in [-0.25, -0.2) is 5.43 Å². The first-order valence-electron chi connectivity index (χ1n) is 5.88. The molecule has 0 spiro atoms. The first kappa shape index (κ1) is 15.3. The number of benzene rings is 1. The van der Waals surface area contributed by atoms with Gasteiger partial charge in [0.2, 0.25) is 0 Å². The van der Waals surface area contributed by atoms with Gasteiger partial charge in [-0.05, 0) is 29.8 Å². The van der Waals surface area contributed by atoms with Crippen molar-refractivity contribution in [3.63, 3.8) is 0 Å². The van der Waals surface area contributed by atoms with Crippen molar-refractivity contribution in [2.24, 2.45) is 5.10 Å². The second kappa shape index (κ2) is 7.06. The zero-order valence-corrected chi connectivity index (χ0v) is 12.5. The Morgan fingerprint density at radius 2 is 1.90 bits per heavy atom. The van der Waals surface area contributed by atoms with Gasteiger partial charge in [-0.3, -0.25) is 9.78 Å². The zero-order valence-electron chi connectivity index (χ0n) is 11.0. The third-order valence-electron chi connectivity index (χ3n) is 2.55. The van der Waals surface area contributed by atoms with E-state index in [0.29, 0.717) is 26.9 Å². The highest BCUT2D eigenvalue weighted by molar-refractivity contribution is 6.37. The lowest BCUT2D eigenvalue weighted by molar-refractivity contribution is 0.0955. The number of hydrogen-bond acceptors (Lipinski definition) is 4. The van der Waals surface area contributed by atoms with Crippen LogP contribution < -0.4 is 10.2 Å². The van der Waals surface area contributed by atoms with E-state index in [0.717, 1.165) is 0 Å². The number of ether oxygens (including phenoxy) is 1. The van der Waals surface area contributed by atoms with Gasteiger partial charge in [0, 0.05) is 18.0 Å². The van der Waals surface area contributed by atoms with Crippen LogP contribution in [0.2, 0.25) is 10.0 Å². The fourth-order valence-corrected chi connectivity index (χ4v) is 2.24. The number of nitrogens with zero attached hydrogens (tertiary/aromatic N) is 2. The molecule has 0 aliphatic heterocycles. The van der Waals surface area contributed by atoms with Crippen molar-refractivity contribution < 1.29 is 9.53 Å². The molecule has 2 aromatic rings. The highest BCUT2D eigenvalue weighted by Gasteiger charge is 2.07. The minimum Gasteiger partial charge on any atom is -0.494 e. The third kappa shape index (κ3) is 3.93. The quantitative estimate of drug-likeness (QED) is 0.694. The van der Waals surface area contributed by atoms with E-state index < -0.39 is 0 Å². The molecule has 0 aliphatic rings. The molecule has 108 valence electrons. The van der Waals surface area contributed by atoms with Crippen LogP contribution in [0.3, 0.4) is 0 Å². The van der Waals surface area contributed by atoms with Gasteiger partial charge in [0.25, 0.3) is 5.91 Å². The average Bonchev–Trinajstić information content (AvgIpc) is 2.48. The Bertz CT molecular complexity index is 652. The van der Waals surface area contributed by atoms with Crippen molar-refractivity contribution in [3.8, 4) is 5.75 Å². The van der Waals surface area contributed by atoms with E-state index in [-0.39, 0.29) is 5.91 Å². The third-order valence-corrected chi connectivity index (χ3v) is 3.11. The lowest BCUT2D eigenvalue weighted by Gasteiger charge is -2.06. The molecule has 21 heavy (non-hydrogen) atoms. The van der Waals surface area contributed by atoms with Crippen LogP contribution in [0.15, 0.2) is 41.8 Å².